The zero-order chi connectivity index (χ0) is 19.0. The second kappa shape index (κ2) is 12.0. The van der Waals surface area contributed by atoms with Gasteiger partial charge in [0.25, 0.3) is 10.0 Å². The molecule has 9 heteroatoms. The van der Waals surface area contributed by atoms with Crippen molar-refractivity contribution in [3.63, 3.8) is 0 Å². The molecule has 1 aromatic heterocycles. The van der Waals surface area contributed by atoms with Crippen molar-refractivity contribution in [1.29, 1.82) is 0 Å². The molecular weight excluding hydrogens is 495 g/mol. The highest BCUT2D eigenvalue weighted by Gasteiger charge is 2.19. The van der Waals surface area contributed by atoms with Crippen molar-refractivity contribution in [3.05, 3.63) is 28.7 Å². The van der Waals surface area contributed by atoms with Crippen molar-refractivity contribution in [3.8, 4) is 0 Å². The molecule has 0 spiro atoms. The summed E-state index contributed by atoms with van der Waals surface area (Å²) in [5.74, 6) is 0.773. The summed E-state index contributed by atoms with van der Waals surface area (Å²) in [5, 5.41) is 6.61. The third-order valence-corrected chi connectivity index (χ3v) is 7.59. The van der Waals surface area contributed by atoms with Crippen LogP contribution < -0.4 is 10.6 Å². The normalized spacial score (nSPS) is 15.3. The third kappa shape index (κ3) is 7.71. The first-order valence-electron chi connectivity index (χ1n) is 9.15. The largest absolute Gasteiger partial charge is 0.357 e. The lowest BCUT2D eigenvalue weighted by atomic mass is 9.97. The number of allylic oxidation sites excluding steroid dienone is 1. The van der Waals surface area contributed by atoms with E-state index in [4.69, 9.17) is 0 Å². The highest BCUT2D eigenvalue weighted by molar-refractivity contribution is 14.0. The van der Waals surface area contributed by atoms with Gasteiger partial charge in [-0.1, -0.05) is 11.6 Å². The van der Waals surface area contributed by atoms with E-state index in [-0.39, 0.29) is 24.0 Å². The summed E-state index contributed by atoms with van der Waals surface area (Å²) in [5.41, 5.74) is 1.54. The minimum Gasteiger partial charge on any atom is -0.357 e. The van der Waals surface area contributed by atoms with Crippen molar-refractivity contribution >= 4 is 51.3 Å². The zero-order valence-electron chi connectivity index (χ0n) is 16.3. The van der Waals surface area contributed by atoms with E-state index in [9.17, 15) is 8.42 Å². The van der Waals surface area contributed by atoms with Crippen molar-refractivity contribution < 1.29 is 8.42 Å². The fraction of sp³-hybridized carbons (Fsp3) is 0.611. The molecule has 0 radical (unpaired) electrons. The average molecular weight is 527 g/mol. The minimum absolute atomic E-state index is 0. The maximum absolute atomic E-state index is 12.1. The third-order valence-electron chi connectivity index (χ3n) is 4.23. The number of hydrogen-bond donors (Lipinski definition) is 2. The molecule has 2 rings (SSSR count). The first-order chi connectivity index (χ1) is 12.4. The molecule has 0 saturated heterocycles. The molecule has 0 unspecified atom stereocenters. The number of halogens is 1. The Morgan fingerprint density at radius 3 is 2.67 bits per heavy atom. The minimum atomic E-state index is -3.37. The molecule has 6 nitrogen and oxygen atoms in total. The summed E-state index contributed by atoms with van der Waals surface area (Å²) >= 11 is 1.27. The lowest BCUT2D eigenvalue weighted by Gasteiger charge is -2.15. The molecule has 1 aromatic rings. The van der Waals surface area contributed by atoms with Crippen molar-refractivity contribution in [2.75, 3.05) is 27.2 Å². The smallest absolute Gasteiger partial charge is 0.252 e. The van der Waals surface area contributed by atoms with Crippen LogP contribution in [0, 0.1) is 0 Å². The van der Waals surface area contributed by atoms with Gasteiger partial charge in [0.1, 0.15) is 4.21 Å². The van der Waals surface area contributed by atoms with Gasteiger partial charge in [-0.15, -0.1) is 35.3 Å². The summed E-state index contributed by atoms with van der Waals surface area (Å²) in [4.78, 5) is 5.51. The van der Waals surface area contributed by atoms with E-state index in [1.54, 1.807) is 20.2 Å². The van der Waals surface area contributed by atoms with Crippen LogP contribution in [0.1, 0.15) is 43.9 Å². The van der Waals surface area contributed by atoms with Crippen molar-refractivity contribution in [2.45, 2.75) is 49.8 Å². The predicted octanol–water partition coefficient (Wildman–Crippen LogP) is 3.56. The maximum atomic E-state index is 12.1. The fourth-order valence-corrected chi connectivity index (χ4v) is 5.18. The van der Waals surface area contributed by atoms with Gasteiger partial charge in [0, 0.05) is 32.1 Å². The van der Waals surface area contributed by atoms with Gasteiger partial charge >= 0.3 is 0 Å². The number of hydrogen-bond acceptors (Lipinski definition) is 4. The molecule has 0 atom stereocenters. The van der Waals surface area contributed by atoms with E-state index in [1.165, 1.54) is 46.9 Å². The van der Waals surface area contributed by atoms with Crippen molar-refractivity contribution in [1.82, 2.24) is 14.9 Å². The highest BCUT2D eigenvalue weighted by atomic mass is 127. The summed E-state index contributed by atoms with van der Waals surface area (Å²) < 4.78 is 25.9. The molecule has 0 bridgehead atoms. The second-order valence-electron chi connectivity index (χ2n) is 6.49. The molecule has 27 heavy (non-hydrogen) atoms. The average Bonchev–Trinajstić information content (AvgIpc) is 3.10. The molecule has 1 heterocycles. The van der Waals surface area contributed by atoms with Crippen LogP contribution in [-0.4, -0.2) is 45.9 Å². The van der Waals surface area contributed by atoms with Crippen LogP contribution in [0.25, 0.3) is 0 Å². The van der Waals surface area contributed by atoms with Gasteiger partial charge in [-0.2, -0.15) is 0 Å². The maximum Gasteiger partial charge on any atom is 0.252 e. The summed E-state index contributed by atoms with van der Waals surface area (Å²) in [7, 11) is -0.279. The standard InChI is InChI=1S/C18H30N4O2S2.HI/c1-4-19-18(20-13-12-15-8-6-5-7-9-15)21-14-16-10-11-17(25-16)26(23,24)22(2)3;/h8,10-11H,4-7,9,12-14H2,1-3H3,(H2,19,20,21);1H. The van der Waals surface area contributed by atoms with Crippen molar-refractivity contribution in [2.24, 2.45) is 4.99 Å². The summed E-state index contributed by atoms with van der Waals surface area (Å²) in [6, 6.07) is 3.49. The van der Waals surface area contributed by atoms with Gasteiger partial charge < -0.3 is 10.6 Å². The topological polar surface area (TPSA) is 73.8 Å². The molecular formula is C18H31IN4O2S2. The lowest BCUT2D eigenvalue weighted by Crippen LogP contribution is -2.37. The van der Waals surface area contributed by atoms with Crippen LogP contribution >= 0.6 is 35.3 Å². The number of aliphatic imine (C=N–C) groups is 1. The van der Waals surface area contributed by atoms with E-state index in [1.807, 2.05) is 13.0 Å². The lowest BCUT2D eigenvalue weighted by molar-refractivity contribution is 0.523. The number of rotatable bonds is 8. The van der Waals surface area contributed by atoms with Crippen LogP contribution in [-0.2, 0) is 16.6 Å². The van der Waals surface area contributed by atoms with Gasteiger partial charge in [0.15, 0.2) is 5.96 Å². The van der Waals surface area contributed by atoms with Crippen LogP contribution in [0.5, 0.6) is 0 Å². The first kappa shape index (κ1) is 24.4. The number of guanidine groups is 1. The van der Waals surface area contributed by atoms with Crippen LogP contribution in [0.3, 0.4) is 0 Å². The Balaban J connectivity index is 0.00000364. The Kier molecular flexibility index (Phi) is 10.9. The zero-order valence-corrected chi connectivity index (χ0v) is 20.3. The molecule has 0 saturated carbocycles. The fourth-order valence-electron chi connectivity index (χ4n) is 2.73. The van der Waals surface area contributed by atoms with Gasteiger partial charge in [0.2, 0.25) is 0 Å². The molecule has 0 fully saturated rings. The number of nitrogens with one attached hydrogen (secondary N) is 2. The van der Waals surface area contributed by atoms with E-state index in [2.05, 4.69) is 21.7 Å². The second-order valence-corrected chi connectivity index (χ2v) is 10.0. The number of thiophene rings is 1. The van der Waals surface area contributed by atoms with Gasteiger partial charge in [-0.05, 0) is 51.2 Å². The molecule has 1 aliphatic carbocycles. The Hall–Kier alpha value is -0.650. The number of nitrogens with zero attached hydrogens (tertiary/aromatic N) is 2. The molecule has 0 aliphatic heterocycles. The van der Waals surface area contributed by atoms with E-state index < -0.39 is 10.0 Å². The van der Waals surface area contributed by atoms with Crippen LogP contribution in [0.2, 0.25) is 0 Å². The predicted molar refractivity (Wildman–Crippen MR) is 125 cm³/mol. The Morgan fingerprint density at radius 1 is 1.26 bits per heavy atom. The molecule has 1 aliphatic rings. The van der Waals surface area contributed by atoms with Gasteiger partial charge in [0.05, 0.1) is 6.54 Å². The quantitative estimate of drug-likeness (QED) is 0.235. The molecule has 0 aromatic carbocycles. The molecule has 154 valence electrons. The molecule has 0 amide bonds. The van der Waals surface area contributed by atoms with Gasteiger partial charge in [-0.3, -0.25) is 0 Å². The molecule has 2 N–H and O–H groups in total. The summed E-state index contributed by atoms with van der Waals surface area (Å²) in [6.07, 6.45) is 8.46. The van der Waals surface area contributed by atoms with Gasteiger partial charge in [-0.25, -0.2) is 17.7 Å². The summed E-state index contributed by atoms with van der Waals surface area (Å²) in [6.45, 7) is 4.15. The van der Waals surface area contributed by atoms with E-state index >= 15 is 0 Å². The highest BCUT2D eigenvalue weighted by Crippen LogP contribution is 2.24. The Bertz CT molecular complexity index is 742. The van der Waals surface area contributed by atoms with Crippen LogP contribution in [0.4, 0.5) is 0 Å². The van der Waals surface area contributed by atoms with E-state index in [0.29, 0.717) is 10.8 Å². The SMILES string of the molecule is CCNC(=NCc1ccc(S(=O)(=O)N(C)C)s1)NCCC1=CCCCC1.I. The van der Waals surface area contributed by atoms with E-state index in [0.717, 1.165) is 30.3 Å². The Morgan fingerprint density at radius 2 is 2.04 bits per heavy atom. The van der Waals surface area contributed by atoms with Crippen LogP contribution in [0.15, 0.2) is 33.0 Å². The number of sulfonamides is 1. The Labute approximate surface area is 184 Å². The first-order valence-corrected chi connectivity index (χ1v) is 11.4. The monoisotopic (exact) mass is 526 g/mol.